The van der Waals surface area contributed by atoms with E-state index in [1.807, 2.05) is 0 Å². The van der Waals surface area contributed by atoms with Crippen LogP contribution in [0.1, 0.15) is 55.4 Å². The first-order chi connectivity index (χ1) is 15.1. The summed E-state index contributed by atoms with van der Waals surface area (Å²) in [4.78, 5) is 58.3. The molecule has 36 heavy (non-hydrogen) atoms. The fraction of sp³-hybridized carbons (Fsp3) is 0.364. The smallest absolute Gasteiger partial charge is 0.414 e. The van der Waals surface area contributed by atoms with Crippen LogP contribution in [0.3, 0.4) is 0 Å². The Bertz CT molecular complexity index is 683. The second-order valence-corrected chi connectivity index (χ2v) is 6.20. The van der Waals surface area contributed by atoms with E-state index in [0.717, 1.165) is 0 Å². The van der Waals surface area contributed by atoms with Gasteiger partial charge in [0.1, 0.15) is 0 Å². The van der Waals surface area contributed by atoms with Crippen molar-refractivity contribution >= 4 is 35.1 Å². The summed E-state index contributed by atoms with van der Waals surface area (Å²) in [7, 11) is 0. The van der Waals surface area contributed by atoms with Gasteiger partial charge in [0.15, 0.2) is 23.1 Å². The molecular formula is C22H34O12Ru2. The van der Waals surface area contributed by atoms with E-state index in [9.17, 15) is 19.2 Å². The van der Waals surface area contributed by atoms with Crippen molar-refractivity contribution < 1.29 is 98.4 Å². The van der Waals surface area contributed by atoms with Gasteiger partial charge < -0.3 is 30.6 Å². The summed E-state index contributed by atoms with van der Waals surface area (Å²) in [5, 5.41) is 48.2. The maximum absolute atomic E-state index is 10.0. The van der Waals surface area contributed by atoms with Crippen molar-refractivity contribution in [3.05, 3.63) is 47.3 Å². The first kappa shape index (κ1) is 50.0. The summed E-state index contributed by atoms with van der Waals surface area (Å²) in [5.74, 6) is -3.90. The van der Waals surface area contributed by atoms with E-state index in [0.29, 0.717) is 0 Å². The summed E-state index contributed by atoms with van der Waals surface area (Å²) >= 11 is 0. The molecule has 0 rings (SSSR count). The molecule has 0 aliphatic carbocycles. The van der Waals surface area contributed by atoms with Crippen LogP contribution in [0, 0.1) is 0 Å². The van der Waals surface area contributed by atoms with Crippen molar-refractivity contribution in [3.8, 4) is 0 Å². The molecule has 0 aromatic heterocycles. The van der Waals surface area contributed by atoms with Gasteiger partial charge in [-0.2, -0.15) is 0 Å². The third kappa shape index (κ3) is 96.5. The van der Waals surface area contributed by atoms with Crippen LogP contribution in [0.25, 0.3) is 0 Å². The predicted molar refractivity (Wildman–Crippen MR) is 124 cm³/mol. The molecule has 0 saturated heterocycles. The summed E-state index contributed by atoms with van der Waals surface area (Å²) in [5.41, 5.74) is 0. The van der Waals surface area contributed by atoms with Crippen molar-refractivity contribution in [2.24, 2.45) is 0 Å². The molecule has 210 valence electrons. The fourth-order valence-electron chi connectivity index (χ4n) is 1.18. The SMILES string of the molecule is CC(=O)/C=C(/C)O.CC(=O)/C=C(/C)O.CC(=O)/C=C(/C)O.CC(=O)/C=C(/C)O.O=C(O)C(=O)O.[Ru].[Ru]. The van der Waals surface area contributed by atoms with Gasteiger partial charge in [-0.25, -0.2) is 9.59 Å². The van der Waals surface area contributed by atoms with E-state index in [-0.39, 0.29) is 85.1 Å². The summed E-state index contributed by atoms with van der Waals surface area (Å²) in [6.07, 6.45) is 4.67. The number of carbonyl (C=O) groups excluding carboxylic acids is 4. The molecule has 0 aliphatic heterocycles. The van der Waals surface area contributed by atoms with Crippen molar-refractivity contribution in [2.45, 2.75) is 55.4 Å². The Morgan fingerprint density at radius 1 is 0.361 bits per heavy atom. The monoisotopic (exact) mass is 694 g/mol. The Kier molecular flexibility index (Phi) is 44.5. The maximum Gasteiger partial charge on any atom is 0.414 e. The number of hydrogen-bond donors (Lipinski definition) is 6. The van der Waals surface area contributed by atoms with Gasteiger partial charge in [-0.05, 0) is 55.4 Å². The van der Waals surface area contributed by atoms with Crippen molar-refractivity contribution in [3.63, 3.8) is 0 Å². The molecule has 0 fully saturated rings. The van der Waals surface area contributed by atoms with Crippen molar-refractivity contribution in [1.29, 1.82) is 0 Å². The van der Waals surface area contributed by atoms with Gasteiger partial charge in [0.2, 0.25) is 0 Å². The van der Waals surface area contributed by atoms with Crippen LogP contribution in [0.2, 0.25) is 0 Å². The third-order valence-electron chi connectivity index (χ3n) is 1.83. The largest absolute Gasteiger partial charge is 0.512 e. The third-order valence-corrected chi connectivity index (χ3v) is 1.83. The zero-order valence-corrected chi connectivity index (χ0v) is 24.6. The molecule has 0 radical (unpaired) electrons. The molecule has 0 amide bonds. The Morgan fingerprint density at radius 3 is 0.472 bits per heavy atom. The normalized spacial score (nSPS) is 10.1. The number of carbonyl (C=O) groups is 6. The van der Waals surface area contributed by atoms with Crippen molar-refractivity contribution in [2.75, 3.05) is 0 Å². The van der Waals surface area contributed by atoms with Gasteiger partial charge in [-0.15, -0.1) is 0 Å². The summed E-state index contributed by atoms with van der Waals surface area (Å²) in [6.45, 7) is 11.4. The average Bonchev–Trinajstić information content (AvgIpc) is 2.51. The molecule has 0 saturated carbocycles. The minimum absolute atomic E-state index is 0. The molecule has 0 aliphatic rings. The van der Waals surface area contributed by atoms with Crippen LogP contribution in [-0.4, -0.2) is 65.7 Å². The zero-order valence-electron chi connectivity index (χ0n) is 21.1. The van der Waals surface area contributed by atoms with E-state index < -0.39 is 11.9 Å². The van der Waals surface area contributed by atoms with Gasteiger partial charge >= 0.3 is 11.9 Å². The first-order valence-electron chi connectivity index (χ1n) is 9.13. The Labute approximate surface area is 235 Å². The average molecular weight is 693 g/mol. The van der Waals surface area contributed by atoms with Crippen molar-refractivity contribution in [1.82, 2.24) is 0 Å². The molecule has 14 heteroatoms. The molecular weight excluding hydrogens is 658 g/mol. The van der Waals surface area contributed by atoms with Gasteiger partial charge in [0.05, 0.1) is 23.0 Å². The second kappa shape index (κ2) is 32.0. The number of ketones is 4. The number of rotatable bonds is 4. The zero-order chi connectivity index (χ0) is 28.6. The molecule has 0 aromatic rings. The van der Waals surface area contributed by atoms with Gasteiger partial charge in [-0.1, -0.05) is 0 Å². The molecule has 0 unspecified atom stereocenters. The fourth-order valence-corrected chi connectivity index (χ4v) is 1.18. The van der Waals surface area contributed by atoms with Gasteiger partial charge in [0.25, 0.3) is 0 Å². The summed E-state index contributed by atoms with van der Waals surface area (Å²) < 4.78 is 0. The summed E-state index contributed by atoms with van der Waals surface area (Å²) in [6, 6.07) is 0. The number of aliphatic hydroxyl groups is 4. The quantitative estimate of drug-likeness (QED) is 0.108. The minimum Gasteiger partial charge on any atom is -0.512 e. The minimum atomic E-state index is -1.82. The Balaban J connectivity index is -0.0000000577. The topological polar surface area (TPSA) is 224 Å². The second-order valence-electron chi connectivity index (χ2n) is 6.20. The molecule has 6 N–H and O–H groups in total. The van der Waals surface area contributed by atoms with E-state index in [2.05, 4.69) is 0 Å². The Hall–Kier alpha value is -2.97. The van der Waals surface area contributed by atoms with Crippen LogP contribution in [0.5, 0.6) is 0 Å². The molecule has 12 nitrogen and oxygen atoms in total. The standard InChI is InChI=1S/4C5H8O2.C2H2O4.2Ru/c4*1-4(6)3-5(2)7;3-1(4)2(5)6;;/h4*3,6H,1-2H3;(H,3,4)(H,5,6);;/b4*4-3-;;;. The van der Waals surface area contributed by atoms with Crippen LogP contribution in [0.4, 0.5) is 0 Å². The van der Waals surface area contributed by atoms with E-state index in [1.165, 1.54) is 79.7 Å². The maximum atomic E-state index is 10.0. The van der Waals surface area contributed by atoms with Gasteiger partial charge in [0, 0.05) is 63.3 Å². The number of aliphatic carboxylic acids is 2. The van der Waals surface area contributed by atoms with Crippen LogP contribution in [-0.2, 0) is 67.7 Å². The molecule has 0 spiro atoms. The Morgan fingerprint density at radius 2 is 0.472 bits per heavy atom. The van der Waals surface area contributed by atoms with Crippen LogP contribution in [0.15, 0.2) is 47.3 Å². The van der Waals surface area contributed by atoms with E-state index in [1.54, 1.807) is 0 Å². The molecule has 0 bridgehead atoms. The number of carboxylic acid groups (broad SMARTS) is 2. The first-order valence-corrected chi connectivity index (χ1v) is 9.13. The number of allylic oxidation sites excluding steroid dienone is 8. The van der Waals surface area contributed by atoms with E-state index in [4.69, 9.17) is 40.2 Å². The van der Waals surface area contributed by atoms with Gasteiger partial charge in [-0.3, -0.25) is 19.2 Å². The molecule has 0 heterocycles. The van der Waals surface area contributed by atoms with E-state index >= 15 is 0 Å². The number of aliphatic hydroxyl groups excluding tert-OH is 4. The van der Waals surface area contributed by atoms with Crippen LogP contribution >= 0.6 is 0 Å². The number of carboxylic acids is 2. The molecule has 0 aromatic carbocycles. The van der Waals surface area contributed by atoms with Crippen LogP contribution < -0.4 is 0 Å². The molecule has 0 atom stereocenters. The predicted octanol–water partition coefficient (Wildman–Crippen LogP) is 3.30. The number of hydrogen-bond acceptors (Lipinski definition) is 10.